The number of alkyl halides is 1. The smallest absolute Gasteiger partial charge is 0.0895 e. The minimum absolute atomic E-state index is 0.141. The third kappa shape index (κ3) is 4.36. The van der Waals surface area contributed by atoms with Gasteiger partial charge in [-0.1, -0.05) is 0 Å². The lowest BCUT2D eigenvalue weighted by atomic mass is 10.4. The summed E-state index contributed by atoms with van der Waals surface area (Å²) in [6, 6.07) is 0. The van der Waals surface area contributed by atoms with E-state index in [0.717, 1.165) is 19.0 Å². The Labute approximate surface area is 40.3 Å². The Morgan fingerprint density at radius 2 is 2.00 bits per heavy atom. The van der Waals surface area contributed by atoms with Gasteiger partial charge in [0.05, 0.1) is 12.8 Å². The van der Waals surface area contributed by atoms with Crippen LogP contribution >= 0.6 is 9.24 Å². The molecule has 0 spiro atoms. The summed E-state index contributed by atoms with van der Waals surface area (Å²) in [5.41, 5.74) is 0. The van der Waals surface area contributed by atoms with Crippen molar-refractivity contribution < 1.29 is 4.39 Å². The molecule has 0 heterocycles. The molecule has 38 valence electrons. The highest BCUT2D eigenvalue weighted by Crippen LogP contribution is 1.92. The minimum Gasteiger partial charge on any atom is -0.251 e. The van der Waals surface area contributed by atoms with Crippen LogP contribution in [-0.2, 0) is 0 Å². The molecule has 0 saturated heterocycles. The fourth-order valence-electron chi connectivity index (χ4n) is 0.271. The van der Waals surface area contributed by atoms with Gasteiger partial charge in [0.25, 0.3) is 0 Å². The van der Waals surface area contributed by atoms with Gasteiger partial charge in [0.15, 0.2) is 0 Å². The molecule has 0 radical (unpaired) electrons. The third-order valence-electron chi connectivity index (χ3n) is 0.634. The molecule has 0 rings (SSSR count). The summed E-state index contributed by atoms with van der Waals surface area (Å²) in [6.45, 7) is -0.141. The molecule has 0 nitrogen and oxygen atoms in total. The van der Waals surface area contributed by atoms with Crippen LogP contribution in [0.5, 0.6) is 0 Å². The third-order valence-corrected chi connectivity index (χ3v) is 1.13. The first-order chi connectivity index (χ1) is 2.91. The van der Waals surface area contributed by atoms with Crippen molar-refractivity contribution >= 4 is 9.24 Å². The Morgan fingerprint density at radius 1 is 1.33 bits per heavy atom. The summed E-state index contributed by atoms with van der Waals surface area (Å²) in [6.07, 6.45) is 2.95. The lowest BCUT2D eigenvalue weighted by Crippen LogP contribution is -1.75. The van der Waals surface area contributed by atoms with Gasteiger partial charge in [-0.2, -0.15) is 0 Å². The van der Waals surface area contributed by atoms with E-state index in [1.54, 1.807) is 0 Å². The molecule has 0 aliphatic rings. The lowest BCUT2D eigenvalue weighted by Gasteiger charge is -1.80. The molecule has 0 aromatic heterocycles. The SMILES string of the molecule is FCCCC[PH3+]. The van der Waals surface area contributed by atoms with Crippen LogP contribution in [-0.4, -0.2) is 12.8 Å². The summed E-state index contributed by atoms with van der Waals surface area (Å²) in [4.78, 5) is 0. The van der Waals surface area contributed by atoms with Gasteiger partial charge < -0.3 is 0 Å². The molecular weight excluding hydrogens is 98.0 g/mol. The minimum atomic E-state index is -0.141. The van der Waals surface area contributed by atoms with Crippen molar-refractivity contribution in [2.24, 2.45) is 0 Å². The van der Waals surface area contributed by atoms with E-state index < -0.39 is 0 Å². The van der Waals surface area contributed by atoms with Crippen molar-refractivity contribution in [1.82, 2.24) is 0 Å². The normalized spacial score (nSPS) is 9.50. The monoisotopic (exact) mass is 109 g/mol. The first-order valence-electron chi connectivity index (χ1n) is 2.27. The van der Waals surface area contributed by atoms with Crippen LogP contribution in [0.4, 0.5) is 4.39 Å². The largest absolute Gasteiger partial charge is 0.251 e. The summed E-state index contributed by atoms with van der Waals surface area (Å²) >= 11 is 0. The zero-order valence-corrected chi connectivity index (χ0v) is 5.33. The Bertz CT molecular complexity index is 19.5. The highest BCUT2D eigenvalue weighted by atomic mass is 31.0. The van der Waals surface area contributed by atoms with Gasteiger partial charge in [0.1, 0.15) is 0 Å². The van der Waals surface area contributed by atoms with Gasteiger partial charge in [0.2, 0.25) is 0 Å². The fraction of sp³-hybridized carbons (Fsp3) is 1.00. The average molecular weight is 109 g/mol. The topological polar surface area (TPSA) is 0 Å². The van der Waals surface area contributed by atoms with E-state index in [1.807, 2.05) is 9.24 Å². The molecule has 0 saturated carbocycles. The second kappa shape index (κ2) is 5.36. The molecule has 1 unspecified atom stereocenters. The number of unbranched alkanes of at least 4 members (excludes halogenated alkanes) is 1. The maximum Gasteiger partial charge on any atom is 0.0895 e. The van der Waals surface area contributed by atoms with Crippen molar-refractivity contribution in [3.8, 4) is 0 Å². The summed E-state index contributed by atoms with van der Waals surface area (Å²) < 4.78 is 11.2. The van der Waals surface area contributed by atoms with Gasteiger partial charge in [-0.05, 0) is 22.1 Å². The van der Waals surface area contributed by atoms with Crippen LogP contribution in [0.1, 0.15) is 12.8 Å². The van der Waals surface area contributed by atoms with Gasteiger partial charge in [-0.25, -0.2) is 0 Å². The maximum absolute atomic E-state index is 11.2. The second-order valence-electron chi connectivity index (χ2n) is 1.25. The average Bonchev–Trinajstić information content (AvgIpc) is 1.61. The summed E-state index contributed by atoms with van der Waals surface area (Å²) in [5.74, 6) is 0. The Kier molecular flexibility index (Phi) is 5.68. The van der Waals surface area contributed by atoms with E-state index in [4.69, 9.17) is 0 Å². The van der Waals surface area contributed by atoms with Crippen LogP contribution in [0.2, 0.25) is 0 Å². The van der Waals surface area contributed by atoms with Crippen LogP contribution in [0.25, 0.3) is 0 Å². The van der Waals surface area contributed by atoms with Gasteiger partial charge in [-0.3, -0.25) is 4.39 Å². The molecule has 6 heavy (non-hydrogen) atoms. The maximum atomic E-state index is 11.2. The predicted molar refractivity (Wildman–Crippen MR) is 31.2 cm³/mol. The number of hydrogen-bond acceptors (Lipinski definition) is 0. The molecule has 0 aliphatic heterocycles. The molecule has 0 aromatic rings. The van der Waals surface area contributed by atoms with Crippen molar-refractivity contribution in [1.29, 1.82) is 0 Å². The van der Waals surface area contributed by atoms with E-state index in [2.05, 4.69) is 0 Å². The second-order valence-corrected chi connectivity index (χ2v) is 1.96. The van der Waals surface area contributed by atoms with E-state index >= 15 is 0 Å². The van der Waals surface area contributed by atoms with Crippen molar-refractivity contribution in [2.75, 3.05) is 12.8 Å². The highest BCUT2D eigenvalue weighted by Gasteiger charge is 1.81. The predicted octanol–water partition coefficient (Wildman–Crippen LogP) is 1.34. The molecule has 0 aliphatic carbocycles. The Hall–Kier alpha value is 0.360. The Balaban J connectivity index is 2.34. The molecule has 0 aromatic carbocycles. The molecule has 2 heteroatoms. The van der Waals surface area contributed by atoms with E-state index in [0.29, 0.717) is 0 Å². The molecule has 0 bridgehead atoms. The number of rotatable bonds is 3. The van der Waals surface area contributed by atoms with Crippen molar-refractivity contribution in [3.63, 3.8) is 0 Å². The zero-order valence-electron chi connectivity index (χ0n) is 3.91. The van der Waals surface area contributed by atoms with Crippen LogP contribution in [0.3, 0.4) is 0 Å². The zero-order chi connectivity index (χ0) is 4.83. The quantitative estimate of drug-likeness (QED) is 0.379. The van der Waals surface area contributed by atoms with Gasteiger partial charge >= 0.3 is 0 Å². The lowest BCUT2D eigenvalue weighted by molar-refractivity contribution is 0.470. The first-order valence-corrected chi connectivity index (χ1v) is 3.27. The van der Waals surface area contributed by atoms with Gasteiger partial charge in [0, 0.05) is 0 Å². The summed E-state index contributed by atoms with van der Waals surface area (Å²) in [7, 11) is 1.90. The molecule has 0 amide bonds. The first kappa shape index (κ1) is 6.36. The summed E-state index contributed by atoms with van der Waals surface area (Å²) in [5, 5.41) is 0. The van der Waals surface area contributed by atoms with Gasteiger partial charge in [-0.15, -0.1) is 0 Å². The van der Waals surface area contributed by atoms with Crippen molar-refractivity contribution in [2.45, 2.75) is 12.8 Å². The molecule has 0 fully saturated rings. The number of halogens is 1. The molecular formula is C4H11FP+. The Morgan fingerprint density at radius 3 is 2.17 bits per heavy atom. The van der Waals surface area contributed by atoms with E-state index in [9.17, 15) is 4.39 Å². The molecule has 0 N–H and O–H groups in total. The fourth-order valence-corrected chi connectivity index (χ4v) is 0.625. The van der Waals surface area contributed by atoms with Crippen LogP contribution in [0, 0.1) is 0 Å². The van der Waals surface area contributed by atoms with Crippen LogP contribution in [0.15, 0.2) is 0 Å². The van der Waals surface area contributed by atoms with E-state index in [1.165, 1.54) is 0 Å². The van der Waals surface area contributed by atoms with E-state index in [-0.39, 0.29) is 6.67 Å². The standard InChI is InChI=1S/C4H10FP/c5-3-1-2-4-6/h1-4,6H2/p+1. The van der Waals surface area contributed by atoms with Crippen LogP contribution < -0.4 is 0 Å². The van der Waals surface area contributed by atoms with Crippen molar-refractivity contribution in [3.05, 3.63) is 0 Å². The number of hydrogen-bond donors (Lipinski definition) is 0. The highest BCUT2D eigenvalue weighted by molar-refractivity contribution is 7.16. The molecule has 1 atom stereocenters.